The second-order valence-electron chi connectivity index (χ2n) is 3.74. The number of fused-ring (bicyclic) bond motifs is 1. The van der Waals surface area contributed by atoms with E-state index in [1.807, 2.05) is 43.3 Å². The summed E-state index contributed by atoms with van der Waals surface area (Å²) in [4.78, 5) is 0. The summed E-state index contributed by atoms with van der Waals surface area (Å²) < 4.78 is 2.81. The number of benzene rings is 1. The van der Waals surface area contributed by atoms with Crippen LogP contribution < -0.4 is 0 Å². The summed E-state index contributed by atoms with van der Waals surface area (Å²) in [6, 6.07) is 11.9. The van der Waals surface area contributed by atoms with Crippen molar-refractivity contribution < 1.29 is 0 Å². The van der Waals surface area contributed by atoms with Crippen molar-refractivity contribution in [1.29, 1.82) is 0 Å². The third-order valence-corrected chi connectivity index (χ3v) is 3.09. The lowest BCUT2D eigenvalue weighted by Crippen LogP contribution is -1.96. The predicted octanol–water partition coefficient (Wildman–Crippen LogP) is 2.86. The minimum absolute atomic E-state index is 0.767. The van der Waals surface area contributed by atoms with Gasteiger partial charge in [-0.15, -0.1) is 10.2 Å². The third-order valence-electron chi connectivity index (χ3n) is 2.56. The average Bonchev–Trinajstić information content (AvgIpc) is 2.72. The molecule has 2 heterocycles. The zero-order chi connectivity index (χ0) is 11.8. The Labute approximate surface area is 106 Å². The lowest BCUT2D eigenvalue weighted by atomic mass is 10.1. The molecule has 3 aromatic rings. The number of rotatable bonds is 1. The first-order valence-electron chi connectivity index (χ1n) is 5.19. The van der Waals surface area contributed by atoms with Crippen molar-refractivity contribution in [1.82, 2.24) is 19.8 Å². The van der Waals surface area contributed by atoms with Gasteiger partial charge in [0, 0.05) is 10.0 Å². The molecule has 0 unspecified atom stereocenters. The molecule has 0 amide bonds. The molecule has 0 aliphatic carbocycles. The molecule has 0 radical (unpaired) electrons. The highest BCUT2D eigenvalue weighted by Gasteiger charge is 2.04. The highest BCUT2D eigenvalue weighted by molar-refractivity contribution is 9.10. The molecule has 17 heavy (non-hydrogen) atoms. The fourth-order valence-corrected chi connectivity index (χ4v) is 1.94. The lowest BCUT2D eigenvalue weighted by Gasteiger charge is -2.01. The van der Waals surface area contributed by atoms with Crippen molar-refractivity contribution >= 4 is 21.6 Å². The van der Waals surface area contributed by atoms with Gasteiger partial charge in [-0.1, -0.05) is 28.1 Å². The van der Waals surface area contributed by atoms with Gasteiger partial charge < -0.3 is 0 Å². The van der Waals surface area contributed by atoms with E-state index < -0.39 is 0 Å². The number of aryl methyl sites for hydroxylation is 1. The molecule has 0 bridgehead atoms. The number of hydrogen-bond donors (Lipinski definition) is 0. The first kappa shape index (κ1) is 10.4. The maximum absolute atomic E-state index is 4.51. The second kappa shape index (κ2) is 3.92. The fourth-order valence-electron chi connectivity index (χ4n) is 1.67. The van der Waals surface area contributed by atoms with Crippen molar-refractivity contribution in [3.8, 4) is 11.3 Å². The Kier molecular flexibility index (Phi) is 2.40. The summed E-state index contributed by atoms with van der Waals surface area (Å²) in [5, 5.41) is 12.5. The molecule has 0 fully saturated rings. The topological polar surface area (TPSA) is 43.1 Å². The van der Waals surface area contributed by atoms with E-state index in [1.54, 1.807) is 4.52 Å². The average molecular weight is 289 g/mol. The van der Waals surface area contributed by atoms with Crippen molar-refractivity contribution in [3.63, 3.8) is 0 Å². The van der Waals surface area contributed by atoms with E-state index >= 15 is 0 Å². The minimum atomic E-state index is 0.767. The summed E-state index contributed by atoms with van der Waals surface area (Å²) in [7, 11) is 0. The quantitative estimate of drug-likeness (QED) is 0.692. The molecule has 1 aromatic carbocycles. The van der Waals surface area contributed by atoms with Crippen LogP contribution in [0.4, 0.5) is 0 Å². The summed E-state index contributed by atoms with van der Waals surface area (Å²) in [5.41, 5.74) is 2.75. The van der Waals surface area contributed by atoms with Crippen LogP contribution >= 0.6 is 15.9 Å². The fraction of sp³-hybridized carbons (Fsp3) is 0.0833. The molecular weight excluding hydrogens is 280 g/mol. The molecule has 0 spiro atoms. The van der Waals surface area contributed by atoms with Gasteiger partial charge in [-0.05, 0) is 31.2 Å². The van der Waals surface area contributed by atoms with Crippen LogP contribution in [-0.4, -0.2) is 19.8 Å². The van der Waals surface area contributed by atoms with Gasteiger partial charge in [0.1, 0.15) is 0 Å². The van der Waals surface area contributed by atoms with Crippen molar-refractivity contribution in [2.24, 2.45) is 0 Å². The molecular formula is C12H9BrN4. The number of hydrogen-bond acceptors (Lipinski definition) is 3. The van der Waals surface area contributed by atoms with Gasteiger partial charge in [0.25, 0.3) is 0 Å². The number of nitrogens with zero attached hydrogens (tertiary/aromatic N) is 4. The first-order valence-corrected chi connectivity index (χ1v) is 5.98. The Hall–Kier alpha value is -1.75. The molecule has 3 rings (SSSR count). The van der Waals surface area contributed by atoms with Crippen LogP contribution in [0.2, 0.25) is 0 Å². The monoisotopic (exact) mass is 288 g/mol. The second-order valence-corrected chi connectivity index (χ2v) is 4.66. The molecule has 0 saturated carbocycles. The van der Waals surface area contributed by atoms with Crippen LogP contribution in [0, 0.1) is 6.92 Å². The van der Waals surface area contributed by atoms with E-state index in [0.29, 0.717) is 0 Å². The van der Waals surface area contributed by atoms with Crippen LogP contribution in [-0.2, 0) is 0 Å². The van der Waals surface area contributed by atoms with E-state index in [-0.39, 0.29) is 0 Å². The van der Waals surface area contributed by atoms with Gasteiger partial charge in [-0.2, -0.15) is 9.61 Å². The largest absolute Gasteiger partial charge is 0.197 e. The van der Waals surface area contributed by atoms with Crippen LogP contribution in [0.3, 0.4) is 0 Å². The van der Waals surface area contributed by atoms with Crippen molar-refractivity contribution in [3.05, 3.63) is 46.7 Å². The predicted molar refractivity (Wildman–Crippen MR) is 68.7 cm³/mol. The van der Waals surface area contributed by atoms with Crippen LogP contribution in [0.15, 0.2) is 40.9 Å². The van der Waals surface area contributed by atoms with Crippen LogP contribution in [0.1, 0.15) is 5.82 Å². The molecule has 0 saturated heterocycles. The maximum Gasteiger partial charge on any atom is 0.177 e. The van der Waals surface area contributed by atoms with Crippen molar-refractivity contribution in [2.45, 2.75) is 6.92 Å². The molecule has 0 N–H and O–H groups in total. The number of aromatic nitrogens is 4. The Morgan fingerprint density at radius 2 is 1.76 bits per heavy atom. The van der Waals surface area contributed by atoms with E-state index in [4.69, 9.17) is 0 Å². The Balaban J connectivity index is 2.17. The van der Waals surface area contributed by atoms with Crippen LogP contribution in [0.5, 0.6) is 0 Å². The van der Waals surface area contributed by atoms with Gasteiger partial charge in [-0.3, -0.25) is 0 Å². The van der Waals surface area contributed by atoms with Gasteiger partial charge in [-0.25, -0.2) is 0 Å². The van der Waals surface area contributed by atoms with Gasteiger partial charge in [0.05, 0.1) is 5.69 Å². The van der Waals surface area contributed by atoms with E-state index in [1.165, 1.54) is 0 Å². The van der Waals surface area contributed by atoms with E-state index in [2.05, 4.69) is 31.2 Å². The lowest BCUT2D eigenvalue weighted by molar-refractivity contribution is 0.880. The third kappa shape index (κ3) is 1.82. The minimum Gasteiger partial charge on any atom is -0.197 e. The maximum atomic E-state index is 4.51. The van der Waals surface area contributed by atoms with Gasteiger partial charge in [0.2, 0.25) is 0 Å². The molecule has 5 heteroatoms. The molecule has 2 aromatic heterocycles. The standard InChI is InChI=1S/C12H9BrN4/c1-8-14-15-12-7-6-11(16-17(8)12)9-2-4-10(13)5-3-9/h2-7H,1H3. The van der Waals surface area contributed by atoms with E-state index in [9.17, 15) is 0 Å². The first-order chi connectivity index (χ1) is 8.24. The van der Waals surface area contributed by atoms with Gasteiger partial charge in [0.15, 0.2) is 11.5 Å². The van der Waals surface area contributed by atoms with Crippen molar-refractivity contribution in [2.75, 3.05) is 0 Å². The van der Waals surface area contributed by atoms with Gasteiger partial charge >= 0.3 is 0 Å². The number of halogens is 1. The molecule has 4 nitrogen and oxygen atoms in total. The highest BCUT2D eigenvalue weighted by Crippen LogP contribution is 2.20. The molecule has 0 aliphatic rings. The SMILES string of the molecule is Cc1nnc2ccc(-c3ccc(Br)cc3)nn12. The summed E-state index contributed by atoms with van der Waals surface area (Å²) >= 11 is 3.42. The Morgan fingerprint density at radius 1 is 1.00 bits per heavy atom. The summed E-state index contributed by atoms with van der Waals surface area (Å²) in [6.07, 6.45) is 0. The molecule has 0 aliphatic heterocycles. The summed E-state index contributed by atoms with van der Waals surface area (Å²) in [5.74, 6) is 0.791. The molecule has 84 valence electrons. The smallest absolute Gasteiger partial charge is 0.177 e. The zero-order valence-electron chi connectivity index (χ0n) is 9.13. The Bertz CT molecular complexity index is 673. The Morgan fingerprint density at radius 3 is 2.53 bits per heavy atom. The van der Waals surface area contributed by atoms with E-state index in [0.717, 1.165) is 27.2 Å². The zero-order valence-corrected chi connectivity index (χ0v) is 10.7. The van der Waals surface area contributed by atoms with Crippen LogP contribution in [0.25, 0.3) is 16.9 Å². The molecule has 0 atom stereocenters. The summed E-state index contributed by atoms with van der Waals surface area (Å²) in [6.45, 7) is 1.89. The highest BCUT2D eigenvalue weighted by atomic mass is 79.9. The normalized spacial score (nSPS) is 10.9.